The van der Waals surface area contributed by atoms with Crippen LogP contribution in [0.4, 0.5) is 5.69 Å². The molecule has 0 saturated carbocycles. The standard InChI is InChI=1S/C18H25N3O3/c1-3-14(21-10-8-20(2)9-11-21)18(24)13-4-6-15(22)17-12(13)5-7-16(23)19-17/h4,6,14,22H,3,5,7-11H2,1-2H3,(H,19,23). The van der Waals surface area contributed by atoms with Gasteiger partial charge in [0.15, 0.2) is 5.78 Å². The van der Waals surface area contributed by atoms with E-state index in [4.69, 9.17) is 0 Å². The Morgan fingerprint density at radius 1 is 1.25 bits per heavy atom. The van der Waals surface area contributed by atoms with Crippen LogP contribution in [-0.4, -0.2) is 65.9 Å². The van der Waals surface area contributed by atoms with Crippen LogP contribution in [0, 0.1) is 0 Å². The number of anilines is 1. The zero-order valence-corrected chi connectivity index (χ0v) is 14.3. The number of aromatic hydroxyl groups is 1. The number of rotatable bonds is 4. The van der Waals surface area contributed by atoms with Crippen molar-refractivity contribution in [2.45, 2.75) is 32.2 Å². The predicted octanol–water partition coefficient (Wildman–Crippen LogP) is 1.49. The molecule has 1 saturated heterocycles. The minimum absolute atomic E-state index is 0.0299. The van der Waals surface area contributed by atoms with Gasteiger partial charge in [0.2, 0.25) is 5.91 Å². The Kier molecular flexibility index (Phi) is 4.87. The quantitative estimate of drug-likeness (QED) is 0.646. The van der Waals surface area contributed by atoms with E-state index in [2.05, 4.69) is 22.2 Å². The van der Waals surface area contributed by atoms with Crippen LogP contribution in [0.2, 0.25) is 0 Å². The number of phenolic OH excluding ortho intramolecular Hbond substituents is 1. The Bertz CT molecular complexity index is 651. The summed E-state index contributed by atoms with van der Waals surface area (Å²) >= 11 is 0. The van der Waals surface area contributed by atoms with Crippen LogP contribution in [0.5, 0.6) is 5.75 Å². The van der Waals surface area contributed by atoms with Crippen molar-refractivity contribution < 1.29 is 14.7 Å². The second-order valence-electron chi connectivity index (χ2n) is 6.66. The van der Waals surface area contributed by atoms with E-state index in [9.17, 15) is 14.7 Å². The Morgan fingerprint density at radius 3 is 2.62 bits per heavy atom. The summed E-state index contributed by atoms with van der Waals surface area (Å²) in [6.07, 6.45) is 1.60. The average Bonchev–Trinajstić information content (AvgIpc) is 2.58. The summed E-state index contributed by atoms with van der Waals surface area (Å²) in [6.45, 7) is 5.74. The van der Waals surface area contributed by atoms with Gasteiger partial charge in [0.05, 0.1) is 11.7 Å². The number of hydrogen-bond acceptors (Lipinski definition) is 5. The van der Waals surface area contributed by atoms with Crippen LogP contribution in [-0.2, 0) is 11.2 Å². The maximum absolute atomic E-state index is 13.2. The van der Waals surface area contributed by atoms with Gasteiger partial charge in [0.25, 0.3) is 0 Å². The van der Waals surface area contributed by atoms with Gasteiger partial charge in [-0.3, -0.25) is 14.5 Å². The first-order valence-electron chi connectivity index (χ1n) is 8.62. The lowest BCUT2D eigenvalue weighted by Gasteiger charge is -2.37. The first kappa shape index (κ1) is 16.9. The molecule has 1 atom stereocenters. The smallest absolute Gasteiger partial charge is 0.224 e. The van der Waals surface area contributed by atoms with Gasteiger partial charge >= 0.3 is 0 Å². The zero-order valence-electron chi connectivity index (χ0n) is 14.3. The molecule has 0 bridgehead atoms. The second-order valence-corrected chi connectivity index (χ2v) is 6.66. The average molecular weight is 331 g/mol. The first-order chi connectivity index (χ1) is 11.5. The number of carbonyl (C=O) groups excluding carboxylic acids is 2. The predicted molar refractivity (Wildman–Crippen MR) is 92.5 cm³/mol. The maximum Gasteiger partial charge on any atom is 0.224 e. The van der Waals surface area contributed by atoms with Gasteiger partial charge in [-0.05, 0) is 37.6 Å². The van der Waals surface area contributed by atoms with Gasteiger partial charge in [-0.15, -0.1) is 0 Å². The Balaban J connectivity index is 1.89. The molecule has 1 aromatic carbocycles. The molecule has 2 aliphatic rings. The molecule has 24 heavy (non-hydrogen) atoms. The lowest BCUT2D eigenvalue weighted by molar-refractivity contribution is -0.116. The van der Waals surface area contributed by atoms with Gasteiger partial charge in [-0.1, -0.05) is 6.92 Å². The minimum atomic E-state index is -0.148. The molecule has 6 heteroatoms. The van der Waals surface area contributed by atoms with E-state index in [1.807, 2.05) is 6.92 Å². The van der Waals surface area contributed by atoms with E-state index >= 15 is 0 Å². The highest BCUT2D eigenvalue weighted by Crippen LogP contribution is 2.35. The number of phenols is 1. The van der Waals surface area contributed by atoms with Crippen molar-refractivity contribution in [1.29, 1.82) is 0 Å². The van der Waals surface area contributed by atoms with Gasteiger partial charge in [-0.25, -0.2) is 0 Å². The molecule has 0 aliphatic carbocycles. The lowest BCUT2D eigenvalue weighted by atomic mass is 9.90. The van der Waals surface area contributed by atoms with E-state index in [0.717, 1.165) is 38.2 Å². The number of fused-ring (bicyclic) bond motifs is 1. The molecular formula is C18H25N3O3. The number of likely N-dealkylation sites (N-methyl/N-ethyl adjacent to an activating group) is 1. The molecule has 1 aromatic rings. The largest absolute Gasteiger partial charge is 0.506 e. The molecule has 0 aromatic heterocycles. The molecule has 2 aliphatic heterocycles. The third-order valence-electron chi connectivity index (χ3n) is 5.09. The SMILES string of the molecule is CCC(C(=O)c1ccc(O)c2c1CCC(=O)N2)N1CCN(C)CC1. The molecule has 130 valence electrons. The normalized spacial score (nSPS) is 20.3. The summed E-state index contributed by atoms with van der Waals surface area (Å²) in [4.78, 5) is 29.3. The van der Waals surface area contributed by atoms with Crippen molar-refractivity contribution in [2.24, 2.45) is 0 Å². The summed E-state index contributed by atoms with van der Waals surface area (Å²) in [5.41, 5.74) is 1.81. The van der Waals surface area contributed by atoms with Crippen molar-refractivity contribution in [3.05, 3.63) is 23.3 Å². The summed E-state index contributed by atoms with van der Waals surface area (Å²) in [6, 6.07) is 3.06. The number of nitrogens with zero attached hydrogens (tertiary/aromatic N) is 2. The molecule has 0 spiro atoms. The van der Waals surface area contributed by atoms with Crippen LogP contribution in [0.3, 0.4) is 0 Å². The van der Waals surface area contributed by atoms with Gasteiger partial charge in [-0.2, -0.15) is 0 Å². The van der Waals surface area contributed by atoms with E-state index < -0.39 is 0 Å². The monoisotopic (exact) mass is 331 g/mol. The van der Waals surface area contributed by atoms with Crippen LogP contribution in [0.25, 0.3) is 0 Å². The third kappa shape index (κ3) is 3.16. The lowest BCUT2D eigenvalue weighted by Crippen LogP contribution is -2.51. The number of amides is 1. The van der Waals surface area contributed by atoms with E-state index in [-0.39, 0.29) is 23.5 Å². The van der Waals surface area contributed by atoms with Crippen molar-refractivity contribution in [3.63, 3.8) is 0 Å². The van der Waals surface area contributed by atoms with Crippen LogP contribution in [0.15, 0.2) is 12.1 Å². The fourth-order valence-corrected chi connectivity index (χ4v) is 3.63. The zero-order chi connectivity index (χ0) is 17.3. The number of piperazine rings is 1. The molecule has 3 rings (SSSR count). The first-order valence-corrected chi connectivity index (χ1v) is 8.62. The maximum atomic E-state index is 13.2. The highest BCUT2D eigenvalue weighted by Gasteiger charge is 2.31. The molecule has 1 fully saturated rings. The Hall–Kier alpha value is -1.92. The molecule has 1 unspecified atom stereocenters. The van der Waals surface area contributed by atoms with Crippen LogP contribution < -0.4 is 5.32 Å². The summed E-state index contributed by atoms with van der Waals surface area (Å²) in [5.74, 6) is 0.00482. The number of Topliss-reactive ketones (excluding diaryl/α,β-unsaturated/α-hetero) is 1. The Morgan fingerprint density at radius 2 is 1.96 bits per heavy atom. The fourth-order valence-electron chi connectivity index (χ4n) is 3.63. The summed E-state index contributed by atoms with van der Waals surface area (Å²) in [7, 11) is 2.10. The molecule has 2 N–H and O–H groups in total. The van der Waals surface area contributed by atoms with Crippen molar-refractivity contribution >= 4 is 17.4 Å². The number of ketones is 1. The van der Waals surface area contributed by atoms with Gasteiger partial charge in [0.1, 0.15) is 5.75 Å². The van der Waals surface area contributed by atoms with Gasteiger partial charge in [0, 0.05) is 38.2 Å². The summed E-state index contributed by atoms with van der Waals surface area (Å²) < 4.78 is 0. The van der Waals surface area contributed by atoms with E-state index in [1.165, 1.54) is 6.07 Å². The second kappa shape index (κ2) is 6.91. The van der Waals surface area contributed by atoms with Gasteiger partial charge < -0.3 is 15.3 Å². The van der Waals surface area contributed by atoms with Crippen molar-refractivity contribution in [3.8, 4) is 5.75 Å². The molecule has 2 heterocycles. The number of hydrogen-bond donors (Lipinski definition) is 2. The fraction of sp³-hybridized carbons (Fsp3) is 0.556. The number of nitrogens with one attached hydrogen (secondary N) is 1. The number of benzene rings is 1. The molecule has 6 nitrogen and oxygen atoms in total. The molecule has 1 amide bonds. The van der Waals surface area contributed by atoms with Crippen molar-refractivity contribution in [2.75, 3.05) is 38.5 Å². The third-order valence-corrected chi connectivity index (χ3v) is 5.09. The molecular weight excluding hydrogens is 306 g/mol. The van der Waals surface area contributed by atoms with Crippen molar-refractivity contribution in [1.82, 2.24) is 9.80 Å². The number of carbonyl (C=O) groups is 2. The van der Waals surface area contributed by atoms with Crippen LogP contribution in [0.1, 0.15) is 35.7 Å². The van der Waals surface area contributed by atoms with E-state index in [0.29, 0.717) is 24.1 Å². The van der Waals surface area contributed by atoms with Crippen LogP contribution >= 0.6 is 0 Å². The van der Waals surface area contributed by atoms with E-state index in [1.54, 1.807) is 6.07 Å². The minimum Gasteiger partial charge on any atom is -0.506 e. The Labute approximate surface area is 142 Å². The highest BCUT2D eigenvalue weighted by molar-refractivity contribution is 6.05. The summed E-state index contributed by atoms with van der Waals surface area (Å²) in [5, 5.41) is 12.7. The molecule has 0 radical (unpaired) electrons. The highest BCUT2D eigenvalue weighted by atomic mass is 16.3. The topological polar surface area (TPSA) is 72.9 Å².